The van der Waals surface area contributed by atoms with Gasteiger partial charge in [0.15, 0.2) is 23.9 Å². The second-order valence-corrected chi connectivity index (χ2v) is 10.1. The number of carbonyl (C=O) groups excluding carboxylic acids is 4. The maximum Gasteiger partial charge on any atom is 0.338 e. The van der Waals surface area contributed by atoms with Gasteiger partial charge in [0.05, 0.1) is 22.3 Å². The number of rotatable bonds is 9. The van der Waals surface area contributed by atoms with Crippen LogP contribution in [0.25, 0.3) is 0 Å². The zero-order valence-electron chi connectivity index (χ0n) is 23.2. The lowest BCUT2D eigenvalue weighted by Gasteiger charge is -2.42. The summed E-state index contributed by atoms with van der Waals surface area (Å²) in [4.78, 5) is 52.5. The van der Waals surface area contributed by atoms with E-state index in [4.69, 9.17) is 35.3 Å². The lowest BCUT2D eigenvalue weighted by atomic mass is 9.98. The van der Waals surface area contributed by atoms with Gasteiger partial charge in [0.25, 0.3) is 0 Å². The van der Waals surface area contributed by atoms with Gasteiger partial charge in [-0.05, 0) is 48.5 Å². The van der Waals surface area contributed by atoms with Gasteiger partial charge in [0.2, 0.25) is 0 Å². The standard InChI is InChI=1S/C34H27ClO9/c35-30-29(44-34(39)25-19-11-4-12-20-25)28(43-33(38)24-17-9-3-10-18-24)27(42-32(37)23-15-7-2-8-16-23)26(41-30)21-40-31(36)22-13-5-1-6-14-22/h1-20,26-30H,21H2/t26-,27+,28+,29-,30+/m1/s1. The van der Waals surface area contributed by atoms with Crippen LogP contribution in [0.15, 0.2) is 121 Å². The summed E-state index contributed by atoms with van der Waals surface area (Å²) in [6.07, 6.45) is -5.51. The molecular weight excluding hydrogens is 588 g/mol. The fourth-order valence-corrected chi connectivity index (χ4v) is 4.84. The molecule has 1 fully saturated rings. The SMILES string of the molecule is O=C(OC[C@H]1O[C@H](Cl)[C@H](OC(=O)c2ccccc2)[C@@H](OC(=O)c2ccccc2)[C@H]1OC(=O)c1ccccc1)c1ccccc1. The van der Waals surface area contributed by atoms with Crippen molar-refractivity contribution >= 4 is 35.5 Å². The smallest absolute Gasteiger partial charge is 0.338 e. The molecule has 0 radical (unpaired) electrons. The van der Waals surface area contributed by atoms with Crippen LogP contribution in [0.3, 0.4) is 0 Å². The monoisotopic (exact) mass is 614 g/mol. The van der Waals surface area contributed by atoms with Crippen molar-refractivity contribution in [1.29, 1.82) is 0 Å². The van der Waals surface area contributed by atoms with Crippen molar-refractivity contribution in [2.24, 2.45) is 0 Å². The van der Waals surface area contributed by atoms with Crippen molar-refractivity contribution in [3.8, 4) is 0 Å². The largest absolute Gasteiger partial charge is 0.459 e. The summed E-state index contributed by atoms with van der Waals surface area (Å²) in [7, 11) is 0. The van der Waals surface area contributed by atoms with Crippen molar-refractivity contribution in [1.82, 2.24) is 0 Å². The van der Waals surface area contributed by atoms with Crippen LogP contribution in [-0.4, -0.2) is 60.5 Å². The first-order chi connectivity index (χ1) is 21.4. The zero-order chi connectivity index (χ0) is 30.9. The van der Waals surface area contributed by atoms with Crippen LogP contribution in [0.2, 0.25) is 0 Å². The van der Waals surface area contributed by atoms with E-state index in [2.05, 4.69) is 0 Å². The van der Waals surface area contributed by atoms with E-state index in [9.17, 15) is 19.2 Å². The van der Waals surface area contributed by atoms with Crippen LogP contribution in [0.5, 0.6) is 0 Å². The molecule has 0 unspecified atom stereocenters. The van der Waals surface area contributed by atoms with Gasteiger partial charge in [-0.25, -0.2) is 19.2 Å². The van der Waals surface area contributed by atoms with E-state index in [-0.39, 0.29) is 22.3 Å². The summed E-state index contributed by atoms with van der Waals surface area (Å²) >= 11 is 6.61. The molecule has 0 aliphatic carbocycles. The second kappa shape index (κ2) is 14.5. The van der Waals surface area contributed by atoms with Gasteiger partial charge in [0, 0.05) is 0 Å². The van der Waals surface area contributed by atoms with Gasteiger partial charge < -0.3 is 23.7 Å². The van der Waals surface area contributed by atoms with Crippen LogP contribution in [0.4, 0.5) is 0 Å². The van der Waals surface area contributed by atoms with Crippen molar-refractivity contribution in [3.05, 3.63) is 144 Å². The molecule has 0 bridgehead atoms. The Bertz CT molecular complexity index is 1570. The Morgan fingerprint density at radius 2 is 0.841 bits per heavy atom. The van der Waals surface area contributed by atoms with E-state index >= 15 is 0 Å². The lowest BCUT2D eigenvalue weighted by Crippen LogP contribution is -2.61. The summed E-state index contributed by atoms with van der Waals surface area (Å²) < 4.78 is 28.9. The normalized spacial score (nSPS) is 21.0. The molecule has 9 nitrogen and oxygen atoms in total. The summed E-state index contributed by atoms with van der Waals surface area (Å²) in [6.45, 7) is -0.428. The number of ether oxygens (including phenoxy) is 5. The summed E-state index contributed by atoms with van der Waals surface area (Å²) in [5.74, 6) is -3.00. The third kappa shape index (κ3) is 7.50. The molecule has 0 N–H and O–H groups in total. The fourth-order valence-electron chi connectivity index (χ4n) is 4.51. The Kier molecular flexibility index (Phi) is 10.0. The number of hydrogen-bond donors (Lipinski definition) is 0. The Morgan fingerprint density at radius 1 is 0.500 bits per heavy atom. The van der Waals surface area contributed by atoms with Crippen molar-refractivity contribution < 1.29 is 42.9 Å². The molecule has 0 aromatic heterocycles. The average Bonchev–Trinajstić information content (AvgIpc) is 3.07. The van der Waals surface area contributed by atoms with E-state index in [0.29, 0.717) is 0 Å². The number of halogens is 1. The number of hydrogen-bond acceptors (Lipinski definition) is 9. The summed E-state index contributed by atoms with van der Waals surface area (Å²) in [6, 6.07) is 32.6. The average molecular weight is 615 g/mol. The van der Waals surface area contributed by atoms with Crippen LogP contribution in [-0.2, 0) is 23.7 Å². The zero-order valence-corrected chi connectivity index (χ0v) is 23.9. The first-order valence-electron chi connectivity index (χ1n) is 13.7. The quantitative estimate of drug-likeness (QED) is 0.137. The Hall–Kier alpha value is -4.99. The van der Waals surface area contributed by atoms with Crippen molar-refractivity contribution in [3.63, 3.8) is 0 Å². The number of esters is 4. The molecule has 0 saturated carbocycles. The molecule has 1 aliphatic heterocycles. The summed E-state index contributed by atoms with van der Waals surface area (Å²) in [5, 5.41) is 0. The van der Waals surface area contributed by atoms with Crippen molar-refractivity contribution in [2.45, 2.75) is 30.0 Å². The minimum Gasteiger partial charge on any atom is -0.459 e. The molecule has 4 aromatic carbocycles. The summed E-state index contributed by atoms with van der Waals surface area (Å²) in [5.41, 5.74) is -0.500. The van der Waals surface area contributed by atoms with E-state index in [0.717, 1.165) is 0 Å². The maximum absolute atomic E-state index is 13.3. The second-order valence-electron chi connectivity index (χ2n) is 9.70. The van der Waals surface area contributed by atoms with E-state index < -0.39 is 60.5 Å². The van der Waals surface area contributed by atoms with Gasteiger partial charge in [-0.2, -0.15) is 0 Å². The highest BCUT2D eigenvalue weighted by Crippen LogP contribution is 2.32. The molecule has 4 aromatic rings. The van der Waals surface area contributed by atoms with E-state index in [1.165, 1.54) is 12.1 Å². The molecule has 1 aliphatic rings. The topological polar surface area (TPSA) is 114 Å². The van der Waals surface area contributed by atoms with Gasteiger partial charge in [-0.15, -0.1) is 0 Å². The molecule has 0 spiro atoms. The maximum atomic E-state index is 13.3. The third-order valence-electron chi connectivity index (χ3n) is 6.72. The van der Waals surface area contributed by atoms with Gasteiger partial charge in [-0.3, -0.25) is 0 Å². The highest BCUT2D eigenvalue weighted by molar-refractivity contribution is 6.20. The Morgan fingerprint density at radius 3 is 1.25 bits per heavy atom. The Balaban J connectivity index is 1.48. The lowest BCUT2D eigenvalue weighted by molar-refractivity contribution is -0.209. The highest BCUT2D eigenvalue weighted by Gasteiger charge is 2.52. The van der Waals surface area contributed by atoms with Crippen LogP contribution < -0.4 is 0 Å². The van der Waals surface area contributed by atoms with Gasteiger partial charge in [0.1, 0.15) is 12.7 Å². The number of alkyl halides is 1. The molecule has 0 amide bonds. The van der Waals surface area contributed by atoms with Gasteiger partial charge >= 0.3 is 23.9 Å². The van der Waals surface area contributed by atoms with E-state index in [1.807, 2.05) is 0 Å². The van der Waals surface area contributed by atoms with Crippen LogP contribution in [0.1, 0.15) is 41.4 Å². The van der Waals surface area contributed by atoms with Crippen molar-refractivity contribution in [2.75, 3.05) is 6.61 Å². The molecule has 1 saturated heterocycles. The number of carbonyl (C=O) groups is 4. The molecule has 10 heteroatoms. The molecule has 5 atom stereocenters. The van der Waals surface area contributed by atoms with Crippen LogP contribution >= 0.6 is 11.6 Å². The number of benzene rings is 4. The molecular formula is C34H27ClO9. The van der Waals surface area contributed by atoms with Crippen LogP contribution in [0, 0.1) is 0 Å². The fraction of sp³-hybridized carbons (Fsp3) is 0.176. The predicted molar refractivity (Wildman–Crippen MR) is 158 cm³/mol. The molecule has 1 heterocycles. The Labute approximate surface area is 258 Å². The van der Waals surface area contributed by atoms with E-state index in [1.54, 1.807) is 109 Å². The first kappa shape index (κ1) is 30.5. The molecule has 5 rings (SSSR count). The molecule has 224 valence electrons. The predicted octanol–water partition coefficient (Wildman–Crippen LogP) is 5.48. The first-order valence-corrected chi connectivity index (χ1v) is 14.1. The minimum atomic E-state index is -1.46. The highest BCUT2D eigenvalue weighted by atomic mass is 35.5. The van der Waals surface area contributed by atoms with Gasteiger partial charge in [-0.1, -0.05) is 84.4 Å². The third-order valence-corrected chi connectivity index (χ3v) is 7.07. The minimum absolute atomic E-state index is 0.193. The molecule has 44 heavy (non-hydrogen) atoms.